The maximum atomic E-state index is 13.6. The van der Waals surface area contributed by atoms with E-state index in [1.54, 1.807) is 14.2 Å². The summed E-state index contributed by atoms with van der Waals surface area (Å²) < 4.78 is 17.9. The Morgan fingerprint density at radius 2 is 1.74 bits per heavy atom. The zero-order valence-corrected chi connectivity index (χ0v) is 25.7. The van der Waals surface area contributed by atoms with Gasteiger partial charge < -0.3 is 29.3 Å². The van der Waals surface area contributed by atoms with Crippen molar-refractivity contribution in [3.63, 3.8) is 0 Å². The fourth-order valence-electron chi connectivity index (χ4n) is 5.96. The number of ether oxygens (including phenoxy) is 3. The van der Waals surface area contributed by atoms with Crippen molar-refractivity contribution < 1.29 is 23.8 Å². The molecule has 8 nitrogen and oxygen atoms in total. The predicted molar refractivity (Wildman–Crippen MR) is 155 cm³/mol. The third-order valence-electron chi connectivity index (χ3n) is 8.13. The summed E-state index contributed by atoms with van der Waals surface area (Å²) in [7, 11) is 7.41. The lowest BCUT2D eigenvalue weighted by molar-refractivity contribution is -0.143. The van der Waals surface area contributed by atoms with Crippen LogP contribution in [-0.4, -0.2) is 93.4 Å². The van der Waals surface area contributed by atoms with Crippen LogP contribution in [-0.2, 0) is 23.8 Å². The highest BCUT2D eigenvalue weighted by Gasteiger charge is 2.41. The number of carbonyl (C=O) groups excluding carboxylic acids is 2. The van der Waals surface area contributed by atoms with Gasteiger partial charge in [0, 0.05) is 33.4 Å². The Labute approximate surface area is 236 Å². The number of nitrogens with zero attached hydrogens (tertiary/aromatic N) is 2. The van der Waals surface area contributed by atoms with Gasteiger partial charge in [-0.3, -0.25) is 9.59 Å². The van der Waals surface area contributed by atoms with E-state index in [0.717, 1.165) is 24.8 Å². The second-order valence-corrected chi connectivity index (χ2v) is 11.4. The van der Waals surface area contributed by atoms with Crippen molar-refractivity contribution in [1.29, 1.82) is 0 Å². The Morgan fingerprint density at radius 3 is 2.28 bits per heavy atom. The molecule has 1 saturated heterocycles. The summed E-state index contributed by atoms with van der Waals surface area (Å²) in [6.07, 6.45) is 2.19. The van der Waals surface area contributed by atoms with Crippen molar-refractivity contribution in [3.05, 3.63) is 35.9 Å². The third kappa shape index (κ3) is 9.27. The molecule has 0 aliphatic carbocycles. The van der Waals surface area contributed by atoms with E-state index < -0.39 is 12.0 Å². The molecule has 7 atom stereocenters. The first-order valence-electron chi connectivity index (χ1n) is 14.5. The number of likely N-dealkylation sites (tertiary alicyclic amines) is 1. The Kier molecular flexibility index (Phi) is 13.9. The zero-order chi connectivity index (χ0) is 29.1. The summed E-state index contributed by atoms with van der Waals surface area (Å²) in [5.41, 5.74) is 1.02. The molecular formula is C31H53N3O5. The van der Waals surface area contributed by atoms with E-state index in [1.165, 1.54) is 0 Å². The fourth-order valence-corrected chi connectivity index (χ4v) is 5.96. The maximum Gasteiger partial charge on any atom is 0.225 e. The normalized spacial score (nSPS) is 20.5. The highest BCUT2D eigenvalue weighted by atomic mass is 16.5. The highest BCUT2D eigenvalue weighted by Crippen LogP contribution is 2.29. The number of nitrogens with one attached hydrogen (secondary N) is 1. The smallest absolute Gasteiger partial charge is 0.225 e. The van der Waals surface area contributed by atoms with E-state index in [-0.39, 0.29) is 42.2 Å². The lowest BCUT2D eigenvalue weighted by Crippen LogP contribution is -2.52. The summed E-state index contributed by atoms with van der Waals surface area (Å²) in [6, 6.07) is 9.92. The van der Waals surface area contributed by atoms with Crippen LogP contribution in [0.2, 0.25) is 0 Å². The van der Waals surface area contributed by atoms with E-state index >= 15 is 0 Å². The SMILES string of the molecule is CCC(C)C(C(CC(=O)N1CCCC1C(OC)C(C)C(=O)NCC(OC(C)C)c1ccccc1)OC)N(C)C. The standard InChI is InChI=1S/C31H53N3O5/c1-10-22(4)29(33(6)7)26(37-8)19-28(35)34-18-14-17-25(34)30(38-9)23(5)31(36)32-20-27(39-21(2)3)24-15-12-11-13-16-24/h11-13,15-16,21-23,25-27,29-30H,10,14,17-20H2,1-9H3,(H,32,36). The number of hydrogen-bond donors (Lipinski definition) is 1. The second kappa shape index (κ2) is 16.3. The quantitative estimate of drug-likeness (QED) is 0.333. The largest absolute Gasteiger partial charge is 0.379 e. The van der Waals surface area contributed by atoms with Crippen molar-refractivity contribution in [2.75, 3.05) is 41.4 Å². The average molecular weight is 548 g/mol. The molecule has 8 heteroatoms. The lowest BCUT2D eigenvalue weighted by atomic mass is 9.90. The molecule has 1 aromatic carbocycles. The molecule has 0 saturated carbocycles. The first kappa shape index (κ1) is 33.2. The van der Waals surface area contributed by atoms with Crippen molar-refractivity contribution in [2.24, 2.45) is 11.8 Å². The topological polar surface area (TPSA) is 80.3 Å². The maximum absolute atomic E-state index is 13.6. The van der Waals surface area contributed by atoms with Gasteiger partial charge in [0.2, 0.25) is 11.8 Å². The van der Waals surface area contributed by atoms with Crippen LogP contribution in [0.1, 0.15) is 72.0 Å². The van der Waals surface area contributed by atoms with Crippen LogP contribution >= 0.6 is 0 Å². The number of benzene rings is 1. The molecule has 1 fully saturated rings. The van der Waals surface area contributed by atoms with E-state index in [1.807, 2.05) is 70.1 Å². The molecule has 0 spiro atoms. The Morgan fingerprint density at radius 1 is 1.08 bits per heavy atom. The zero-order valence-electron chi connectivity index (χ0n) is 25.7. The predicted octanol–water partition coefficient (Wildman–Crippen LogP) is 4.29. The van der Waals surface area contributed by atoms with Gasteiger partial charge in [0.15, 0.2) is 0 Å². The summed E-state index contributed by atoms with van der Waals surface area (Å²) in [4.78, 5) is 31.0. The molecule has 2 amide bonds. The van der Waals surface area contributed by atoms with Gasteiger partial charge in [0.1, 0.15) is 6.10 Å². The Hall–Kier alpha value is -2.00. The first-order chi connectivity index (χ1) is 18.5. The van der Waals surface area contributed by atoms with Crippen LogP contribution < -0.4 is 5.32 Å². The molecule has 1 heterocycles. The van der Waals surface area contributed by atoms with E-state index in [2.05, 4.69) is 24.1 Å². The number of likely N-dealkylation sites (N-methyl/N-ethyl adjacent to an activating group) is 1. The van der Waals surface area contributed by atoms with Crippen molar-refractivity contribution >= 4 is 11.8 Å². The fraction of sp³-hybridized carbons (Fsp3) is 0.742. The van der Waals surface area contributed by atoms with Gasteiger partial charge in [-0.25, -0.2) is 0 Å². The molecule has 1 aromatic rings. The number of carbonyl (C=O) groups is 2. The van der Waals surface area contributed by atoms with Crippen molar-refractivity contribution in [2.45, 2.75) is 96.8 Å². The van der Waals surface area contributed by atoms with Crippen LogP contribution in [0, 0.1) is 11.8 Å². The third-order valence-corrected chi connectivity index (χ3v) is 8.13. The van der Waals surface area contributed by atoms with Gasteiger partial charge in [-0.15, -0.1) is 0 Å². The number of hydrogen-bond acceptors (Lipinski definition) is 6. The van der Waals surface area contributed by atoms with Crippen LogP contribution in [0.4, 0.5) is 0 Å². The summed E-state index contributed by atoms with van der Waals surface area (Å²) in [6.45, 7) is 11.3. The Balaban J connectivity index is 2.09. The molecule has 0 bridgehead atoms. The first-order valence-corrected chi connectivity index (χ1v) is 14.5. The molecule has 7 unspecified atom stereocenters. The molecule has 0 radical (unpaired) electrons. The number of amides is 2. The van der Waals surface area contributed by atoms with Crippen LogP contribution in [0.15, 0.2) is 30.3 Å². The van der Waals surface area contributed by atoms with Gasteiger partial charge in [0.05, 0.1) is 36.7 Å². The molecule has 1 N–H and O–H groups in total. The van der Waals surface area contributed by atoms with Crippen LogP contribution in [0.5, 0.6) is 0 Å². The molecule has 2 rings (SSSR count). The summed E-state index contributed by atoms with van der Waals surface area (Å²) in [5.74, 6) is -0.0871. The molecule has 39 heavy (non-hydrogen) atoms. The molecule has 0 aromatic heterocycles. The monoisotopic (exact) mass is 547 g/mol. The van der Waals surface area contributed by atoms with Crippen molar-refractivity contribution in [1.82, 2.24) is 15.1 Å². The van der Waals surface area contributed by atoms with Crippen molar-refractivity contribution in [3.8, 4) is 0 Å². The van der Waals surface area contributed by atoms with E-state index in [9.17, 15) is 9.59 Å². The van der Waals surface area contributed by atoms with Gasteiger partial charge >= 0.3 is 0 Å². The molecule has 1 aliphatic rings. The van der Waals surface area contributed by atoms with Gasteiger partial charge in [-0.05, 0) is 52.3 Å². The highest BCUT2D eigenvalue weighted by molar-refractivity contribution is 5.80. The summed E-state index contributed by atoms with van der Waals surface area (Å²) >= 11 is 0. The molecular weight excluding hydrogens is 494 g/mol. The van der Waals surface area contributed by atoms with Gasteiger partial charge in [0.25, 0.3) is 0 Å². The average Bonchev–Trinajstić information content (AvgIpc) is 3.40. The minimum absolute atomic E-state index is 0.0256. The molecule has 1 aliphatic heterocycles. The van der Waals surface area contributed by atoms with Gasteiger partial charge in [-0.2, -0.15) is 0 Å². The Bertz CT molecular complexity index is 865. The number of methoxy groups -OCH3 is 2. The summed E-state index contributed by atoms with van der Waals surface area (Å²) in [5, 5.41) is 3.08. The lowest BCUT2D eigenvalue weighted by Gasteiger charge is -2.38. The minimum Gasteiger partial charge on any atom is -0.379 e. The minimum atomic E-state index is -0.434. The van der Waals surface area contributed by atoms with Gasteiger partial charge in [-0.1, -0.05) is 57.5 Å². The van der Waals surface area contributed by atoms with E-state index in [0.29, 0.717) is 25.4 Å². The number of rotatable bonds is 16. The molecule has 222 valence electrons. The van der Waals surface area contributed by atoms with Crippen LogP contribution in [0.25, 0.3) is 0 Å². The second-order valence-electron chi connectivity index (χ2n) is 11.4. The van der Waals surface area contributed by atoms with Crippen LogP contribution in [0.3, 0.4) is 0 Å². The van der Waals surface area contributed by atoms with E-state index in [4.69, 9.17) is 14.2 Å².